The lowest BCUT2D eigenvalue weighted by atomic mass is 10.0. The van der Waals surface area contributed by atoms with Gasteiger partial charge in [-0.05, 0) is 6.42 Å². The van der Waals surface area contributed by atoms with Crippen molar-refractivity contribution in [3.05, 3.63) is 0 Å². The highest BCUT2D eigenvalue weighted by atomic mass is 19.3. The number of aliphatic hydroxyl groups is 1. The first-order valence-electron chi connectivity index (χ1n) is 5.44. The van der Waals surface area contributed by atoms with Crippen LogP contribution in [0.3, 0.4) is 0 Å². The normalized spacial score (nSPS) is 12.9. The zero-order valence-corrected chi connectivity index (χ0v) is 9.53. The molecule has 0 saturated carbocycles. The van der Waals surface area contributed by atoms with Crippen molar-refractivity contribution in [2.24, 2.45) is 11.7 Å². The van der Waals surface area contributed by atoms with E-state index in [1.54, 1.807) is 0 Å². The minimum Gasteiger partial charge on any atom is -0.395 e. The predicted octanol–water partition coefficient (Wildman–Crippen LogP) is 0.447. The summed E-state index contributed by atoms with van der Waals surface area (Å²) in [6, 6.07) is 0. The largest absolute Gasteiger partial charge is 0.395 e. The Morgan fingerprint density at radius 2 is 2.12 bits per heavy atom. The summed E-state index contributed by atoms with van der Waals surface area (Å²) in [6.45, 7) is 1.03. The second-order valence-corrected chi connectivity index (χ2v) is 3.62. The quantitative estimate of drug-likeness (QED) is 0.645. The molecule has 0 aliphatic carbocycles. The lowest BCUT2D eigenvalue weighted by molar-refractivity contribution is -0.138. The Hall–Kier alpha value is -0.750. The maximum atomic E-state index is 12.2. The third kappa shape index (κ3) is 5.37. The van der Waals surface area contributed by atoms with Gasteiger partial charge in [-0.2, -0.15) is 0 Å². The molecule has 1 amide bonds. The van der Waals surface area contributed by atoms with Crippen molar-refractivity contribution in [2.45, 2.75) is 26.2 Å². The number of carbonyl (C=O) groups excluding carboxylic acids is 1. The number of aliphatic hydroxyl groups excluding tert-OH is 1. The third-order valence-corrected chi connectivity index (χ3v) is 2.31. The van der Waals surface area contributed by atoms with E-state index in [9.17, 15) is 13.6 Å². The first-order chi connectivity index (χ1) is 7.56. The van der Waals surface area contributed by atoms with Crippen molar-refractivity contribution in [3.63, 3.8) is 0 Å². The molecule has 3 N–H and O–H groups in total. The molecule has 0 bridgehead atoms. The van der Waals surface area contributed by atoms with Crippen LogP contribution in [0.25, 0.3) is 0 Å². The van der Waals surface area contributed by atoms with E-state index < -0.39 is 24.8 Å². The number of amides is 1. The zero-order valence-electron chi connectivity index (χ0n) is 9.53. The van der Waals surface area contributed by atoms with Crippen molar-refractivity contribution < 1.29 is 18.7 Å². The Morgan fingerprint density at radius 3 is 2.50 bits per heavy atom. The Morgan fingerprint density at radius 1 is 1.50 bits per heavy atom. The molecule has 0 aromatic rings. The summed E-state index contributed by atoms with van der Waals surface area (Å²) in [6.07, 6.45) is -1.23. The number of nitrogens with two attached hydrogens (primary N) is 1. The molecular weight excluding hydrogens is 218 g/mol. The highest BCUT2D eigenvalue weighted by molar-refractivity contribution is 5.79. The SMILES string of the molecule is CCCC(CN)C(=O)N(CCO)CC(F)F. The summed E-state index contributed by atoms with van der Waals surface area (Å²) in [4.78, 5) is 12.8. The molecule has 6 heteroatoms. The summed E-state index contributed by atoms with van der Waals surface area (Å²) < 4.78 is 24.4. The van der Waals surface area contributed by atoms with Gasteiger partial charge in [-0.1, -0.05) is 13.3 Å². The van der Waals surface area contributed by atoms with Crippen molar-refractivity contribution >= 4 is 5.91 Å². The highest BCUT2D eigenvalue weighted by Gasteiger charge is 2.24. The van der Waals surface area contributed by atoms with Gasteiger partial charge in [0.2, 0.25) is 5.91 Å². The summed E-state index contributed by atoms with van der Waals surface area (Å²) in [7, 11) is 0. The fourth-order valence-corrected chi connectivity index (χ4v) is 1.53. The van der Waals surface area contributed by atoms with E-state index in [1.807, 2.05) is 6.92 Å². The fourth-order valence-electron chi connectivity index (χ4n) is 1.53. The maximum absolute atomic E-state index is 12.2. The standard InChI is InChI=1S/C10H20F2N2O2/c1-2-3-8(6-13)10(16)14(4-5-15)7-9(11)12/h8-9,15H,2-7,13H2,1H3. The van der Waals surface area contributed by atoms with Crippen molar-refractivity contribution in [1.29, 1.82) is 0 Å². The number of alkyl halides is 2. The van der Waals surface area contributed by atoms with Crippen LogP contribution < -0.4 is 5.73 Å². The predicted molar refractivity (Wildman–Crippen MR) is 57.1 cm³/mol. The van der Waals surface area contributed by atoms with Gasteiger partial charge in [0.05, 0.1) is 19.1 Å². The number of carbonyl (C=O) groups is 1. The highest BCUT2D eigenvalue weighted by Crippen LogP contribution is 2.10. The third-order valence-electron chi connectivity index (χ3n) is 2.31. The summed E-state index contributed by atoms with van der Waals surface area (Å²) in [5.74, 6) is -0.811. The van der Waals surface area contributed by atoms with Gasteiger partial charge in [-0.15, -0.1) is 0 Å². The van der Waals surface area contributed by atoms with Crippen LogP contribution in [-0.2, 0) is 4.79 Å². The number of rotatable bonds is 8. The summed E-state index contributed by atoms with van der Waals surface area (Å²) in [5, 5.41) is 8.71. The van der Waals surface area contributed by atoms with Gasteiger partial charge in [0, 0.05) is 13.1 Å². The Labute approximate surface area is 94.4 Å². The van der Waals surface area contributed by atoms with Crippen molar-refractivity contribution in [2.75, 3.05) is 26.2 Å². The van der Waals surface area contributed by atoms with Crippen LogP contribution in [0, 0.1) is 5.92 Å². The van der Waals surface area contributed by atoms with Crippen LogP contribution in [0.5, 0.6) is 0 Å². The van der Waals surface area contributed by atoms with Crippen LogP contribution >= 0.6 is 0 Å². The molecule has 0 heterocycles. The lowest BCUT2D eigenvalue weighted by Crippen LogP contribution is -2.43. The first-order valence-corrected chi connectivity index (χ1v) is 5.44. The smallest absolute Gasteiger partial charge is 0.255 e. The molecule has 1 atom stereocenters. The van der Waals surface area contributed by atoms with Gasteiger partial charge in [0.25, 0.3) is 6.43 Å². The van der Waals surface area contributed by atoms with E-state index in [1.165, 1.54) is 0 Å². The molecule has 0 aliphatic heterocycles. The lowest BCUT2D eigenvalue weighted by Gasteiger charge is -2.25. The van der Waals surface area contributed by atoms with Gasteiger partial charge in [0.1, 0.15) is 0 Å². The molecule has 96 valence electrons. The molecule has 0 aliphatic rings. The van der Waals surface area contributed by atoms with Crippen LogP contribution in [0.1, 0.15) is 19.8 Å². The number of hydrogen-bond donors (Lipinski definition) is 2. The van der Waals surface area contributed by atoms with Crippen LogP contribution in [0.4, 0.5) is 8.78 Å². The number of halogens is 2. The molecule has 0 aromatic carbocycles. The van der Waals surface area contributed by atoms with E-state index in [0.29, 0.717) is 6.42 Å². The molecule has 0 fully saturated rings. The maximum Gasteiger partial charge on any atom is 0.255 e. The van der Waals surface area contributed by atoms with Crippen LogP contribution in [0.15, 0.2) is 0 Å². The molecule has 16 heavy (non-hydrogen) atoms. The Balaban J connectivity index is 4.43. The van der Waals surface area contributed by atoms with Gasteiger partial charge in [-0.3, -0.25) is 4.79 Å². The van der Waals surface area contributed by atoms with E-state index in [0.717, 1.165) is 11.3 Å². The molecule has 1 unspecified atom stereocenters. The Bertz CT molecular complexity index is 203. The first kappa shape index (κ1) is 15.2. The van der Waals surface area contributed by atoms with Gasteiger partial charge < -0.3 is 15.7 Å². The molecule has 0 radical (unpaired) electrons. The van der Waals surface area contributed by atoms with Gasteiger partial charge >= 0.3 is 0 Å². The number of hydrogen-bond acceptors (Lipinski definition) is 3. The van der Waals surface area contributed by atoms with E-state index in [4.69, 9.17) is 10.8 Å². The molecule has 4 nitrogen and oxygen atoms in total. The van der Waals surface area contributed by atoms with Crippen molar-refractivity contribution in [3.8, 4) is 0 Å². The molecule has 0 saturated heterocycles. The second-order valence-electron chi connectivity index (χ2n) is 3.62. The van der Waals surface area contributed by atoms with Gasteiger partial charge in [0.15, 0.2) is 0 Å². The molecule has 0 rings (SSSR count). The van der Waals surface area contributed by atoms with E-state index in [-0.39, 0.29) is 19.7 Å². The van der Waals surface area contributed by atoms with Gasteiger partial charge in [-0.25, -0.2) is 8.78 Å². The average Bonchev–Trinajstić information content (AvgIpc) is 2.23. The van der Waals surface area contributed by atoms with Crippen LogP contribution in [-0.4, -0.2) is 48.6 Å². The van der Waals surface area contributed by atoms with E-state index >= 15 is 0 Å². The summed E-state index contributed by atoms with van der Waals surface area (Å²) in [5.41, 5.74) is 5.43. The monoisotopic (exact) mass is 238 g/mol. The van der Waals surface area contributed by atoms with Crippen LogP contribution in [0.2, 0.25) is 0 Å². The molecule has 0 spiro atoms. The topological polar surface area (TPSA) is 66.6 Å². The summed E-state index contributed by atoms with van der Waals surface area (Å²) >= 11 is 0. The fraction of sp³-hybridized carbons (Fsp3) is 0.900. The minimum absolute atomic E-state index is 0.0661. The molecule has 0 aromatic heterocycles. The average molecular weight is 238 g/mol. The molecular formula is C10H20F2N2O2. The second kappa shape index (κ2) is 8.41. The minimum atomic E-state index is -2.59. The zero-order chi connectivity index (χ0) is 12.6. The van der Waals surface area contributed by atoms with E-state index in [2.05, 4.69) is 0 Å². The number of nitrogens with zero attached hydrogens (tertiary/aromatic N) is 1. The van der Waals surface area contributed by atoms with Crippen molar-refractivity contribution in [1.82, 2.24) is 4.90 Å². The Kier molecular flexibility index (Phi) is 8.01.